The third-order valence-corrected chi connectivity index (χ3v) is 0.954. The summed E-state index contributed by atoms with van der Waals surface area (Å²) in [5, 5.41) is 0. The summed E-state index contributed by atoms with van der Waals surface area (Å²) in [5.41, 5.74) is -0.456. The van der Waals surface area contributed by atoms with Crippen LogP contribution in [0.4, 0.5) is 4.39 Å². The average molecular weight is 130 g/mol. The van der Waals surface area contributed by atoms with E-state index < -0.39 is 5.41 Å². The van der Waals surface area contributed by atoms with Crippen molar-refractivity contribution < 1.29 is 9.18 Å². The first-order valence-electron chi connectivity index (χ1n) is 2.79. The molecule has 0 aliphatic carbocycles. The smallest absolute Gasteiger partial charge is 0.163 e. The summed E-state index contributed by atoms with van der Waals surface area (Å²) in [6.07, 6.45) is 1.22. The molecule has 52 valence electrons. The molecule has 0 fully saturated rings. The number of carbonyl (C=O) groups excluding carboxylic acids is 1. The van der Waals surface area contributed by atoms with Gasteiger partial charge < -0.3 is 0 Å². The zero-order valence-electron chi connectivity index (χ0n) is 5.94. The number of hydrogen-bond acceptors (Lipinski definition) is 1. The van der Waals surface area contributed by atoms with Crippen molar-refractivity contribution in [3.8, 4) is 0 Å². The van der Waals surface area contributed by atoms with E-state index in [2.05, 4.69) is 0 Å². The van der Waals surface area contributed by atoms with E-state index in [4.69, 9.17) is 0 Å². The van der Waals surface area contributed by atoms with Gasteiger partial charge in [-0.2, -0.15) is 0 Å². The monoisotopic (exact) mass is 130 g/mol. The predicted molar refractivity (Wildman–Crippen MR) is 34.7 cm³/mol. The number of hydrogen-bond donors (Lipinski definition) is 0. The molecule has 0 amide bonds. The molecular weight excluding hydrogens is 119 g/mol. The van der Waals surface area contributed by atoms with Crippen molar-refractivity contribution in [3.05, 3.63) is 12.4 Å². The van der Waals surface area contributed by atoms with Gasteiger partial charge >= 0.3 is 0 Å². The van der Waals surface area contributed by atoms with Crippen LogP contribution in [-0.2, 0) is 4.79 Å². The Labute approximate surface area is 54.6 Å². The van der Waals surface area contributed by atoms with Gasteiger partial charge in [-0.3, -0.25) is 4.79 Å². The van der Waals surface area contributed by atoms with E-state index in [9.17, 15) is 9.18 Å². The van der Waals surface area contributed by atoms with E-state index in [1.54, 1.807) is 20.8 Å². The van der Waals surface area contributed by atoms with E-state index in [-0.39, 0.29) is 12.1 Å². The van der Waals surface area contributed by atoms with Crippen LogP contribution in [0.2, 0.25) is 0 Å². The molecule has 0 saturated heterocycles. The molecule has 0 aromatic heterocycles. The second kappa shape index (κ2) is 2.76. The molecule has 0 radical (unpaired) electrons. The predicted octanol–water partition coefficient (Wildman–Crippen LogP) is 2.08. The van der Waals surface area contributed by atoms with E-state index >= 15 is 0 Å². The van der Waals surface area contributed by atoms with E-state index in [0.717, 1.165) is 6.08 Å². The van der Waals surface area contributed by atoms with Gasteiger partial charge in [0.1, 0.15) is 0 Å². The molecule has 0 spiro atoms. The summed E-state index contributed by atoms with van der Waals surface area (Å²) >= 11 is 0. The molecule has 2 heteroatoms. The van der Waals surface area contributed by atoms with E-state index in [1.807, 2.05) is 0 Å². The summed E-state index contributed by atoms with van der Waals surface area (Å²) in [7, 11) is 0. The molecule has 0 aromatic rings. The van der Waals surface area contributed by atoms with Gasteiger partial charge in [-0.05, 0) is 0 Å². The lowest BCUT2D eigenvalue weighted by Crippen LogP contribution is -2.16. The molecule has 0 bridgehead atoms. The van der Waals surface area contributed by atoms with E-state index in [1.165, 1.54) is 0 Å². The Kier molecular flexibility index (Phi) is 2.56. The van der Waals surface area contributed by atoms with Crippen molar-refractivity contribution in [3.63, 3.8) is 0 Å². The molecule has 0 N–H and O–H groups in total. The minimum atomic E-state index is -0.456. The summed E-state index contributed by atoms with van der Waals surface area (Å²) in [4.78, 5) is 10.7. The molecule has 0 aromatic carbocycles. The van der Waals surface area contributed by atoms with Gasteiger partial charge in [0, 0.05) is 11.5 Å². The molecule has 9 heavy (non-hydrogen) atoms. The molecule has 0 unspecified atom stereocenters. The Morgan fingerprint density at radius 3 is 2.00 bits per heavy atom. The van der Waals surface area contributed by atoms with Crippen LogP contribution in [0.15, 0.2) is 12.4 Å². The fourth-order valence-corrected chi connectivity index (χ4v) is 0.307. The molecule has 0 rings (SSSR count). The first-order valence-corrected chi connectivity index (χ1v) is 2.79. The van der Waals surface area contributed by atoms with Gasteiger partial charge in [-0.15, -0.1) is 0 Å². The highest BCUT2D eigenvalue weighted by molar-refractivity contribution is 5.93. The highest BCUT2D eigenvalue weighted by Crippen LogP contribution is 2.14. The highest BCUT2D eigenvalue weighted by atomic mass is 19.1. The SMILES string of the molecule is CC(C)(C)C(=O)/C=C\F. The number of carbonyl (C=O) groups is 1. The zero-order chi connectivity index (χ0) is 7.49. The Hall–Kier alpha value is -0.660. The lowest BCUT2D eigenvalue weighted by Gasteiger charge is -2.11. The van der Waals surface area contributed by atoms with Gasteiger partial charge in [-0.1, -0.05) is 20.8 Å². The largest absolute Gasteiger partial charge is 0.294 e. The number of rotatable bonds is 1. The number of allylic oxidation sites excluding steroid dienone is 1. The summed E-state index contributed by atoms with van der Waals surface area (Å²) in [5.74, 6) is -0.190. The lowest BCUT2D eigenvalue weighted by atomic mass is 9.91. The van der Waals surface area contributed by atoms with Crippen LogP contribution in [0.3, 0.4) is 0 Å². The number of halogens is 1. The van der Waals surface area contributed by atoms with E-state index in [0.29, 0.717) is 0 Å². The van der Waals surface area contributed by atoms with Crippen LogP contribution in [0.25, 0.3) is 0 Å². The minimum Gasteiger partial charge on any atom is -0.294 e. The van der Waals surface area contributed by atoms with Crippen LogP contribution in [0.1, 0.15) is 20.8 Å². The molecule has 0 saturated carbocycles. The van der Waals surface area contributed by atoms with Crippen molar-refractivity contribution in [2.24, 2.45) is 5.41 Å². The third-order valence-electron chi connectivity index (χ3n) is 0.954. The van der Waals surface area contributed by atoms with Crippen LogP contribution in [0, 0.1) is 5.41 Å². The summed E-state index contributed by atoms with van der Waals surface area (Å²) < 4.78 is 11.4. The average Bonchev–Trinajstić information content (AvgIpc) is 1.64. The second-order valence-corrected chi connectivity index (χ2v) is 2.91. The first kappa shape index (κ1) is 8.34. The summed E-state index contributed by atoms with van der Waals surface area (Å²) in [6, 6.07) is 0. The van der Waals surface area contributed by atoms with Crippen LogP contribution < -0.4 is 0 Å². The Balaban J connectivity index is 4.06. The Morgan fingerprint density at radius 1 is 1.44 bits per heavy atom. The topological polar surface area (TPSA) is 17.1 Å². The number of ketones is 1. The normalized spacial score (nSPS) is 12.4. The van der Waals surface area contributed by atoms with Crippen molar-refractivity contribution in [1.82, 2.24) is 0 Å². The van der Waals surface area contributed by atoms with Gasteiger partial charge in [0.2, 0.25) is 0 Å². The van der Waals surface area contributed by atoms with Gasteiger partial charge in [-0.25, -0.2) is 4.39 Å². The third kappa shape index (κ3) is 3.01. The standard InChI is InChI=1S/C7H11FO/c1-7(2,3)6(9)4-5-8/h4-5H,1-3H3/b5-4-. The first-order chi connectivity index (χ1) is 3.98. The molecule has 0 aliphatic rings. The van der Waals surface area contributed by atoms with Crippen molar-refractivity contribution in [2.75, 3.05) is 0 Å². The molecular formula is C7H11FO. The molecule has 0 heterocycles. The molecule has 0 aliphatic heterocycles. The fourth-order valence-electron chi connectivity index (χ4n) is 0.307. The lowest BCUT2D eigenvalue weighted by molar-refractivity contribution is -0.121. The van der Waals surface area contributed by atoms with Crippen molar-refractivity contribution >= 4 is 5.78 Å². The maximum Gasteiger partial charge on any atom is 0.163 e. The van der Waals surface area contributed by atoms with Crippen LogP contribution >= 0.6 is 0 Å². The van der Waals surface area contributed by atoms with Crippen LogP contribution in [0.5, 0.6) is 0 Å². The maximum absolute atomic E-state index is 11.4. The van der Waals surface area contributed by atoms with Crippen LogP contribution in [-0.4, -0.2) is 5.78 Å². The highest BCUT2D eigenvalue weighted by Gasteiger charge is 2.17. The van der Waals surface area contributed by atoms with Gasteiger partial charge in [0.05, 0.1) is 6.33 Å². The quantitative estimate of drug-likeness (QED) is 0.497. The Bertz CT molecular complexity index is 130. The zero-order valence-corrected chi connectivity index (χ0v) is 5.94. The van der Waals surface area contributed by atoms with Crippen molar-refractivity contribution in [2.45, 2.75) is 20.8 Å². The molecule has 0 atom stereocenters. The second-order valence-electron chi connectivity index (χ2n) is 2.91. The Morgan fingerprint density at radius 2 is 1.89 bits per heavy atom. The van der Waals surface area contributed by atoms with Gasteiger partial charge in [0.25, 0.3) is 0 Å². The van der Waals surface area contributed by atoms with Crippen molar-refractivity contribution in [1.29, 1.82) is 0 Å². The molecule has 1 nitrogen and oxygen atoms in total. The minimum absolute atomic E-state index is 0.190. The van der Waals surface area contributed by atoms with Gasteiger partial charge in [0.15, 0.2) is 5.78 Å². The fraction of sp³-hybridized carbons (Fsp3) is 0.571. The maximum atomic E-state index is 11.4. The summed E-state index contributed by atoms with van der Waals surface area (Å²) in [6.45, 7) is 5.24.